The number of hydrogen-bond donors (Lipinski definition) is 0. The summed E-state index contributed by atoms with van der Waals surface area (Å²) >= 11 is 7.31. The van der Waals surface area contributed by atoms with Gasteiger partial charge in [-0.25, -0.2) is 9.79 Å². The average Bonchev–Trinajstić information content (AvgIpc) is 3.30. The van der Waals surface area contributed by atoms with Crippen LogP contribution in [-0.2, 0) is 16.1 Å². The quantitative estimate of drug-likeness (QED) is 0.211. The van der Waals surface area contributed by atoms with E-state index in [1.54, 1.807) is 18.4 Å². The zero-order valence-electron chi connectivity index (χ0n) is 23.0. The number of allylic oxidation sites excluding steroid dienone is 1. The van der Waals surface area contributed by atoms with Crippen LogP contribution in [0.2, 0.25) is 5.02 Å². The van der Waals surface area contributed by atoms with Crippen molar-refractivity contribution in [1.82, 2.24) is 4.57 Å². The third kappa shape index (κ3) is 5.29. The average molecular weight is 595 g/mol. The van der Waals surface area contributed by atoms with E-state index in [9.17, 15) is 9.59 Å². The maximum atomic E-state index is 14.1. The summed E-state index contributed by atoms with van der Waals surface area (Å²) in [5.41, 5.74) is 3.23. The summed E-state index contributed by atoms with van der Waals surface area (Å²) in [7, 11) is 0. The van der Waals surface area contributed by atoms with Gasteiger partial charge in [0.25, 0.3) is 5.56 Å². The molecule has 5 aromatic rings. The van der Waals surface area contributed by atoms with Crippen molar-refractivity contribution >= 4 is 45.8 Å². The number of aromatic nitrogens is 1. The van der Waals surface area contributed by atoms with Crippen molar-refractivity contribution < 1.29 is 14.3 Å². The lowest BCUT2D eigenvalue weighted by Gasteiger charge is -2.25. The minimum atomic E-state index is -0.690. The molecule has 0 spiro atoms. The van der Waals surface area contributed by atoms with E-state index in [1.165, 1.54) is 11.3 Å². The van der Waals surface area contributed by atoms with Crippen LogP contribution >= 0.6 is 22.9 Å². The van der Waals surface area contributed by atoms with Crippen molar-refractivity contribution in [2.45, 2.75) is 26.5 Å². The molecule has 42 heavy (non-hydrogen) atoms. The Morgan fingerprint density at radius 3 is 2.55 bits per heavy atom. The number of ether oxygens (including phenoxy) is 2. The van der Waals surface area contributed by atoms with E-state index in [-0.39, 0.29) is 12.2 Å². The Labute approximate surface area is 251 Å². The molecule has 0 bridgehead atoms. The molecule has 4 aromatic carbocycles. The number of hydrogen-bond acceptors (Lipinski definition) is 6. The Kier molecular flexibility index (Phi) is 7.78. The lowest BCUT2D eigenvalue weighted by molar-refractivity contribution is -0.139. The van der Waals surface area contributed by atoms with Crippen LogP contribution in [0.4, 0.5) is 0 Å². The number of esters is 1. The normalized spacial score (nSPS) is 14.9. The zero-order valence-corrected chi connectivity index (χ0v) is 24.6. The number of thiazole rings is 1. The molecular weight excluding hydrogens is 568 g/mol. The van der Waals surface area contributed by atoms with Gasteiger partial charge in [0.15, 0.2) is 4.80 Å². The van der Waals surface area contributed by atoms with E-state index in [4.69, 9.17) is 26.1 Å². The fraction of sp³-hybridized carbons (Fsp3) is 0.147. The van der Waals surface area contributed by atoms with Crippen LogP contribution in [0.3, 0.4) is 0 Å². The molecule has 6 rings (SSSR count). The highest BCUT2D eigenvalue weighted by atomic mass is 35.5. The molecule has 0 saturated carbocycles. The second-order valence-corrected chi connectivity index (χ2v) is 11.3. The number of benzene rings is 4. The first-order valence-corrected chi connectivity index (χ1v) is 14.8. The molecule has 1 aromatic heterocycles. The third-order valence-corrected chi connectivity index (χ3v) is 8.38. The molecule has 0 aliphatic carbocycles. The molecule has 0 N–H and O–H groups in total. The molecular formula is C34H27ClN2O4S. The predicted molar refractivity (Wildman–Crippen MR) is 167 cm³/mol. The second kappa shape index (κ2) is 11.8. The van der Waals surface area contributed by atoms with Crippen LogP contribution in [0.5, 0.6) is 5.75 Å². The van der Waals surface area contributed by atoms with Gasteiger partial charge in [0.1, 0.15) is 12.4 Å². The van der Waals surface area contributed by atoms with Crippen molar-refractivity contribution in [2.75, 3.05) is 6.61 Å². The number of carbonyl (C=O) groups is 1. The lowest BCUT2D eigenvalue weighted by atomic mass is 9.91. The number of carbonyl (C=O) groups excluding carboxylic acids is 1. The number of rotatable bonds is 7. The largest absolute Gasteiger partial charge is 0.488 e. The van der Waals surface area contributed by atoms with Gasteiger partial charge in [0.05, 0.1) is 28.5 Å². The maximum Gasteiger partial charge on any atom is 0.338 e. The Hall–Kier alpha value is -4.46. The van der Waals surface area contributed by atoms with Crippen LogP contribution in [0.25, 0.3) is 16.8 Å². The van der Waals surface area contributed by atoms with Gasteiger partial charge in [-0.05, 0) is 60.0 Å². The van der Waals surface area contributed by atoms with Gasteiger partial charge in [-0.2, -0.15) is 0 Å². The predicted octanol–water partition coefficient (Wildman–Crippen LogP) is 6.18. The van der Waals surface area contributed by atoms with E-state index in [2.05, 4.69) is 0 Å². The van der Waals surface area contributed by atoms with Gasteiger partial charge in [-0.1, -0.05) is 95.7 Å². The topological polar surface area (TPSA) is 69.9 Å². The fourth-order valence-corrected chi connectivity index (χ4v) is 6.35. The molecule has 2 heterocycles. The van der Waals surface area contributed by atoms with Crippen LogP contribution in [0.15, 0.2) is 112 Å². The third-order valence-electron chi connectivity index (χ3n) is 7.15. The summed E-state index contributed by atoms with van der Waals surface area (Å²) in [5.74, 6) is 0.166. The number of halogens is 1. The lowest BCUT2D eigenvalue weighted by Crippen LogP contribution is -2.40. The van der Waals surface area contributed by atoms with Crippen molar-refractivity contribution in [3.63, 3.8) is 0 Å². The monoisotopic (exact) mass is 594 g/mol. The zero-order chi connectivity index (χ0) is 29.2. The summed E-state index contributed by atoms with van der Waals surface area (Å²) in [4.78, 5) is 32.7. The number of para-hydroxylation sites is 1. The van der Waals surface area contributed by atoms with E-state index in [0.717, 1.165) is 27.5 Å². The van der Waals surface area contributed by atoms with Crippen molar-refractivity contribution in [1.29, 1.82) is 0 Å². The van der Waals surface area contributed by atoms with E-state index in [0.29, 0.717) is 38.0 Å². The van der Waals surface area contributed by atoms with Gasteiger partial charge < -0.3 is 9.47 Å². The minimum Gasteiger partial charge on any atom is -0.488 e. The molecule has 1 atom stereocenters. The highest BCUT2D eigenvalue weighted by Gasteiger charge is 2.34. The second-order valence-electron chi connectivity index (χ2n) is 9.82. The Morgan fingerprint density at radius 1 is 1.00 bits per heavy atom. The van der Waals surface area contributed by atoms with Crippen molar-refractivity contribution in [3.8, 4) is 5.75 Å². The molecule has 8 heteroatoms. The number of fused-ring (bicyclic) bond motifs is 2. The Morgan fingerprint density at radius 2 is 1.74 bits per heavy atom. The summed E-state index contributed by atoms with van der Waals surface area (Å²) in [6, 6.07) is 28.2. The summed E-state index contributed by atoms with van der Waals surface area (Å²) in [5, 5.41) is 2.64. The summed E-state index contributed by atoms with van der Waals surface area (Å²) in [6.45, 7) is 4.13. The minimum absolute atomic E-state index is 0.217. The van der Waals surface area contributed by atoms with E-state index < -0.39 is 12.0 Å². The number of nitrogens with zero attached hydrogens (tertiary/aromatic N) is 2. The van der Waals surface area contributed by atoms with Gasteiger partial charge in [-0.15, -0.1) is 0 Å². The summed E-state index contributed by atoms with van der Waals surface area (Å²) < 4.78 is 13.7. The first kappa shape index (κ1) is 27.7. The highest BCUT2D eigenvalue weighted by molar-refractivity contribution is 7.07. The van der Waals surface area contributed by atoms with Crippen molar-refractivity contribution in [3.05, 3.63) is 144 Å². The van der Waals surface area contributed by atoms with Gasteiger partial charge in [0, 0.05) is 10.6 Å². The van der Waals surface area contributed by atoms with Gasteiger partial charge in [0.2, 0.25) is 0 Å². The van der Waals surface area contributed by atoms with Crippen molar-refractivity contribution in [2.24, 2.45) is 4.99 Å². The first-order valence-electron chi connectivity index (χ1n) is 13.6. The molecule has 0 unspecified atom stereocenters. The van der Waals surface area contributed by atoms with Crippen LogP contribution < -0.4 is 19.6 Å². The molecule has 210 valence electrons. The molecule has 0 amide bonds. The summed E-state index contributed by atoms with van der Waals surface area (Å²) in [6.07, 6.45) is 1.82. The molecule has 1 aliphatic heterocycles. The van der Waals surface area contributed by atoms with Crippen LogP contribution in [0.1, 0.15) is 36.6 Å². The smallest absolute Gasteiger partial charge is 0.338 e. The highest BCUT2D eigenvalue weighted by Crippen LogP contribution is 2.35. The maximum absolute atomic E-state index is 14.1. The SMILES string of the molecule is CCOC(=O)C1=C(C)N=c2s/c(=C/c3ccccc3OCc3ccc(Cl)cc3)c(=O)n2[C@@H]1c1cccc2ccccc12. The first-order chi connectivity index (χ1) is 20.4. The Balaban J connectivity index is 1.48. The van der Waals surface area contributed by atoms with Crippen LogP contribution in [-0.4, -0.2) is 17.1 Å². The van der Waals surface area contributed by atoms with E-state index >= 15 is 0 Å². The molecule has 0 fully saturated rings. The molecule has 0 radical (unpaired) electrons. The van der Waals surface area contributed by atoms with Gasteiger partial charge >= 0.3 is 5.97 Å². The van der Waals surface area contributed by atoms with Gasteiger partial charge in [-0.3, -0.25) is 9.36 Å². The molecule has 1 aliphatic rings. The van der Waals surface area contributed by atoms with E-state index in [1.807, 2.05) is 97.1 Å². The molecule has 0 saturated heterocycles. The standard InChI is InChI=1S/C34H27ClN2O4S/c1-3-40-33(39)30-21(2)36-34-37(31(30)27-13-8-11-23-9-4-6-12-26(23)27)32(38)29(42-34)19-24-10-5-7-14-28(24)41-20-22-15-17-25(35)18-16-22/h4-19,31H,3,20H2,1-2H3/b29-19+/t31-/m1/s1. The fourth-order valence-electron chi connectivity index (χ4n) is 5.19. The molecule has 6 nitrogen and oxygen atoms in total. The Bertz CT molecular complexity index is 2020. The van der Waals surface area contributed by atoms with Crippen LogP contribution in [0, 0.1) is 0 Å².